The van der Waals surface area contributed by atoms with Crippen molar-refractivity contribution in [2.24, 2.45) is 0 Å². The molecule has 2 heterocycles. The molecule has 1 N–H and O–H groups in total. The molecule has 0 amide bonds. The Morgan fingerprint density at radius 2 is 0.788 bits per heavy atom. The third-order valence-electron chi connectivity index (χ3n) is 9.02. The Morgan fingerprint density at radius 3 is 1.13 bits per heavy atom. The molecule has 0 fully saturated rings. The maximum absolute atomic E-state index is 11.8. The number of carbonyl (C=O) groups excluding carboxylic acids is 2. The Balaban J connectivity index is 0.000000155. The maximum atomic E-state index is 11.8. The molecule has 0 saturated heterocycles. The van der Waals surface area contributed by atoms with E-state index in [4.69, 9.17) is 21.1 Å². The van der Waals surface area contributed by atoms with Crippen LogP contribution in [0.25, 0.3) is 0 Å². The van der Waals surface area contributed by atoms with Crippen LogP contribution in [0.5, 0.6) is 23.0 Å². The maximum Gasteiger partial charge on any atom is 0.304 e. The summed E-state index contributed by atoms with van der Waals surface area (Å²) in [4.78, 5) is 18.1. The van der Waals surface area contributed by atoms with Gasteiger partial charge < -0.3 is 14.6 Å². The van der Waals surface area contributed by atoms with E-state index >= 15 is 0 Å². The molecule has 2 aliphatic rings. The monoisotopic (exact) mass is 748 g/mol. The molecule has 262 valence electrons. The number of benzene rings is 6. The van der Waals surface area contributed by atoms with Crippen molar-refractivity contribution in [1.82, 2.24) is 0 Å². The van der Waals surface area contributed by atoms with E-state index in [0.717, 1.165) is 56.0 Å². The van der Waals surface area contributed by atoms with Gasteiger partial charge in [-0.05, 0) is 111 Å². The molecule has 6 aromatic carbocycles. The van der Waals surface area contributed by atoms with Crippen molar-refractivity contribution in [3.63, 3.8) is 0 Å². The van der Waals surface area contributed by atoms with Gasteiger partial charge in [0.1, 0.15) is 33.5 Å². The van der Waals surface area contributed by atoms with Gasteiger partial charge in [-0.15, -0.1) is 11.6 Å². The van der Waals surface area contributed by atoms with Crippen molar-refractivity contribution >= 4 is 45.3 Å². The lowest BCUT2D eigenvalue weighted by atomic mass is 9.77. The summed E-state index contributed by atoms with van der Waals surface area (Å²) in [6, 6.07) is 44.3. The number of aryl methyl sites for hydroxylation is 4. The number of hydrogen-bond donors (Lipinski definition) is 1. The summed E-state index contributed by atoms with van der Waals surface area (Å²) < 4.78 is 12.2. The van der Waals surface area contributed by atoms with E-state index in [9.17, 15) is 14.7 Å². The van der Waals surface area contributed by atoms with Crippen molar-refractivity contribution in [2.75, 3.05) is 0 Å². The van der Waals surface area contributed by atoms with Crippen molar-refractivity contribution < 1.29 is 24.2 Å². The van der Waals surface area contributed by atoms with E-state index in [1.54, 1.807) is 0 Å². The molecule has 0 aromatic heterocycles. The molecular formula is C44H35Cl3O5. The molecule has 8 rings (SSSR count). The Labute approximate surface area is 318 Å². The molecular weight excluding hydrogens is 715 g/mol. The van der Waals surface area contributed by atoms with E-state index in [0.29, 0.717) is 11.5 Å². The first kappa shape index (κ1) is 36.9. The predicted octanol–water partition coefficient (Wildman–Crippen LogP) is 11.2. The SMILES string of the molecule is Cc1ccc2c(c1)C(Cl)(c1ccccc1)c1cc(C)ccc1O2.Cc1ccc2c(c1)C(O)(c1ccccc1)c1cc(C)ccc1O2.O=C(Cl)C(=O)Cl. The lowest BCUT2D eigenvalue weighted by molar-refractivity contribution is -0.127. The number of aliphatic hydroxyl groups is 1. The van der Waals surface area contributed by atoms with Crippen molar-refractivity contribution in [3.8, 4) is 23.0 Å². The topological polar surface area (TPSA) is 72.8 Å². The standard InChI is InChI=1S/C21H17ClO.C21H18O2.C2Cl2O2/c2*1-14-8-10-19-17(12-14)21(22,16-6-4-3-5-7-16)18-13-15(2)9-11-20(18)23-19;3-1(5)2(4)6/h3-13H,1-2H3;3-13,22H,1-2H3;. The molecule has 0 spiro atoms. The normalized spacial score (nSPS) is 13.8. The molecule has 0 bridgehead atoms. The molecule has 2 aliphatic heterocycles. The van der Waals surface area contributed by atoms with E-state index in [1.807, 2.05) is 111 Å². The number of ether oxygens (including phenoxy) is 2. The second kappa shape index (κ2) is 15.0. The molecule has 0 unspecified atom stereocenters. The average Bonchev–Trinajstić information content (AvgIpc) is 3.14. The highest BCUT2D eigenvalue weighted by Gasteiger charge is 2.43. The van der Waals surface area contributed by atoms with Crippen LogP contribution in [0.15, 0.2) is 133 Å². The van der Waals surface area contributed by atoms with Crippen LogP contribution in [0.3, 0.4) is 0 Å². The first-order valence-electron chi connectivity index (χ1n) is 16.5. The minimum absolute atomic E-state index is 0.707. The number of halogens is 3. The number of carbonyl (C=O) groups is 2. The second-order valence-electron chi connectivity index (χ2n) is 12.9. The van der Waals surface area contributed by atoms with Crippen molar-refractivity contribution in [2.45, 2.75) is 38.2 Å². The summed E-state index contributed by atoms with van der Waals surface area (Å²) in [5, 5.41) is 9.53. The number of rotatable bonds is 3. The van der Waals surface area contributed by atoms with Crippen LogP contribution in [0.4, 0.5) is 0 Å². The fourth-order valence-electron chi connectivity index (χ4n) is 6.53. The fraction of sp³-hybridized carbons (Fsp3) is 0.136. The second-order valence-corrected chi connectivity index (χ2v) is 14.1. The average molecular weight is 750 g/mol. The summed E-state index contributed by atoms with van der Waals surface area (Å²) in [6.07, 6.45) is 0. The molecule has 6 aromatic rings. The molecule has 8 heteroatoms. The zero-order valence-electron chi connectivity index (χ0n) is 28.9. The van der Waals surface area contributed by atoms with E-state index in [2.05, 4.69) is 73.4 Å². The van der Waals surface area contributed by atoms with Gasteiger partial charge in [0, 0.05) is 22.3 Å². The lowest BCUT2D eigenvalue weighted by Crippen LogP contribution is -2.32. The van der Waals surface area contributed by atoms with Crippen LogP contribution >= 0.6 is 34.8 Å². The van der Waals surface area contributed by atoms with Crippen LogP contribution in [0.2, 0.25) is 0 Å². The first-order valence-corrected chi connectivity index (χ1v) is 17.7. The highest BCUT2D eigenvalue weighted by Crippen LogP contribution is 2.55. The minimum Gasteiger partial charge on any atom is -0.457 e. The molecule has 0 radical (unpaired) electrons. The molecule has 0 atom stereocenters. The quantitative estimate of drug-likeness (QED) is 0.111. The predicted molar refractivity (Wildman–Crippen MR) is 207 cm³/mol. The van der Waals surface area contributed by atoms with Crippen LogP contribution in [0.1, 0.15) is 55.6 Å². The Hall–Kier alpha value is -4.91. The fourth-order valence-corrected chi connectivity index (χ4v) is 6.95. The van der Waals surface area contributed by atoms with Crippen LogP contribution in [0, 0.1) is 27.7 Å². The summed E-state index contributed by atoms with van der Waals surface area (Å²) in [6.45, 7) is 8.21. The zero-order chi connectivity index (χ0) is 37.2. The third-order valence-corrected chi connectivity index (χ3v) is 10.1. The summed E-state index contributed by atoms with van der Waals surface area (Å²) in [5.41, 5.74) is 8.83. The Morgan fingerprint density at radius 1 is 0.481 bits per heavy atom. The van der Waals surface area contributed by atoms with Gasteiger partial charge in [-0.1, -0.05) is 107 Å². The molecule has 0 saturated carbocycles. The summed E-state index contributed by atoms with van der Waals surface area (Å²) in [5.74, 6) is 3.06. The lowest BCUT2D eigenvalue weighted by Gasteiger charge is -2.37. The van der Waals surface area contributed by atoms with Crippen LogP contribution < -0.4 is 9.47 Å². The Bertz CT molecular complexity index is 2020. The molecule has 0 aliphatic carbocycles. The van der Waals surface area contributed by atoms with Crippen molar-refractivity contribution in [1.29, 1.82) is 0 Å². The zero-order valence-corrected chi connectivity index (χ0v) is 31.2. The Kier molecular flexibility index (Phi) is 10.6. The van der Waals surface area contributed by atoms with E-state index < -0.39 is 21.0 Å². The van der Waals surface area contributed by atoms with E-state index in [1.165, 1.54) is 11.1 Å². The van der Waals surface area contributed by atoms with Gasteiger partial charge in [-0.2, -0.15) is 0 Å². The van der Waals surface area contributed by atoms with Crippen LogP contribution in [-0.2, 0) is 20.1 Å². The van der Waals surface area contributed by atoms with Gasteiger partial charge in [0.05, 0.1) is 0 Å². The molecule has 52 heavy (non-hydrogen) atoms. The number of alkyl halides is 1. The van der Waals surface area contributed by atoms with Gasteiger partial charge in [0.15, 0.2) is 0 Å². The van der Waals surface area contributed by atoms with E-state index in [-0.39, 0.29) is 0 Å². The van der Waals surface area contributed by atoms with Gasteiger partial charge in [-0.3, -0.25) is 9.59 Å². The first-order chi connectivity index (χ1) is 24.8. The van der Waals surface area contributed by atoms with Gasteiger partial charge in [0.25, 0.3) is 0 Å². The van der Waals surface area contributed by atoms with Crippen LogP contribution in [-0.4, -0.2) is 15.6 Å². The summed E-state index contributed by atoms with van der Waals surface area (Å²) >= 11 is 16.3. The van der Waals surface area contributed by atoms with Gasteiger partial charge >= 0.3 is 10.5 Å². The van der Waals surface area contributed by atoms with Gasteiger partial charge in [-0.25, -0.2) is 0 Å². The number of hydrogen-bond acceptors (Lipinski definition) is 5. The van der Waals surface area contributed by atoms with Gasteiger partial charge in [0.2, 0.25) is 0 Å². The third kappa shape index (κ3) is 7.10. The highest BCUT2D eigenvalue weighted by molar-refractivity contribution is 6.97. The smallest absolute Gasteiger partial charge is 0.304 e. The summed E-state index contributed by atoms with van der Waals surface area (Å²) in [7, 11) is 0. The molecule has 5 nitrogen and oxygen atoms in total. The highest BCUT2D eigenvalue weighted by atomic mass is 35.5. The number of fused-ring (bicyclic) bond motifs is 4. The minimum atomic E-state index is -1.21. The largest absolute Gasteiger partial charge is 0.457 e. The van der Waals surface area contributed by atoms with Crippen molar-refractivity contribution in [3.05, 3.63) is 189 Å².